The van der Waals surface area contributed by atoms with Gasteiger partial charge in [-0.1, -0.05) is 42.5 Å². The lowest BCUT2D eigenvalue weighted by Crippen LogP contribution is -2.27. The predicted molar refractivity (Wildman–Crippen MR) is 98.0 cm³/mol. The molecule has 24 heavy (non-hydrogen) atoms. The average Bonchev–Trinajstić information content (AvgIpc) is 2.94. The van der Waals surface area contributed by atoms with Gasteiger partial charge in [-0.25, -0.2) is 0 Å². The highest BCUT2D eigenvalue weighted by Crippen LogP contribution is 2.29. The molecule has 5 nitrogen and oxygen atoms in total. The highest BCUT2D eigenvalue weighted by atomic mass is 79.9. The van der Waals surface area contributed by atoms with Crippen LogP contribution >= 0.6 is 15.9 Å². The van der Waals surface area contributed by atoms with E-state index in [0.717, 1.165) is 33.4 Å². The van der Waals surface area contributed by atoms with E-state index in [1.54, 1.807) is 6.20 Å². The summed E-state index contributed by atoms with van der Waals surface area (Å²) in [6.45, 7) is 0.490. The van der Waals surface area contributed by atoms with E-state index in [-0.39, 0.29) is 0 Å². The summed E-state index contributed by atoms with van der Waals surface area (Å²) >= 11 is 3.52. The second-order valence-electron chi connectivity index (χ2n) is 5.38. The Bertz CT molecular complexity index is 813. The second-order valence-corrected chi connectivity index (χ2v) is 6.23. The molecule has 0 spiro atoms. The summed E-state index contributed by atoms with van der Waals surface area (Å²) in [5.74, 6) is 0. The highest BCUT2D eigenvalue weighted by molar-refractivity contribution is 9.10. The molecule has 122 valence electrons. The molecule has 0 aliphatic rings. The first-order valence-electron chi connectivity index (χ1n) is 7.48. The zero-order valence-electron chi connectivity index (χ0n) is 13.2. The normalized spacial score (nSPS) is 10.4. The van der Waals surface area contributed by atoms with Crippen LogP contribution < -0.4 is 5.43 Å². The summed E-state index contributed by atoms with van der Waals surface area (Å²) in [6, 6.07) is 17.7. The van der Waals surface area contributed by atoms with E-state index in [9.17, 15) is 4.79 Å². The van der Waals surface area contributed by atoms with Gasteiger partial charge in [-0.3, -0.25) is 19.9 Å². The average molecular weight is 385 g/mol. The minimum Gasteiger partial charge on any atom is -0.296 e. The van der Waals surface area contributed by atoms with Crippen LogP contribution in [0.1, 0.15) is 5.56 Å². The summed E-state index contributed by atoms with van der Waals surface area (Å²) in [4.78, 5) is 11.4. The summed E-state index contributed by atoms with van der Waals surface area (Å²) in [5, 5.41) is 5.76. The molecule has 0 radical (unpaired) electrons. The molecule has 3 aromatic rings. The molecule has 0 atom stereocenters. The third kappa shape index (κ3) is 3.65. The third-order valence-electron chi connectivity index (χ3n) is 3.63. The maximum atomic E-state index is 11.4. The Hall–Kier alpha value is -2.60. The van der Waals surface area contributed by atoms with Crippen LogP contribution in [-0.4, -0.2) is 21.2 Å². The summed E-state index contributed by atoms with van der Waals surface area (Å²) < 4.78 is 2.74. The molecule has 0 aliphatic carbocycles. The number of carbonyl (C=O) groups is 1. The Balaban J connectivity index is 1.80. The number of aryl methyl sites for hydroxylation is 1. The number of benzene rings is 2. The molecule has 0 unspecified atom stereocenters. The van der Waals surface area contributed by atoms with Gasteiger partial charge < -0.3 is 0 Å². The van der Waals surface area contributed by atoms with Crippen molar-refractivity contribution in [3.05, 3.63) is 70.8 Å². The Labute approximate surface area is 149 Å². The zero-order chi connectivity index (χ0) is 16.9. The molecule has 1 N–H and O–H groups in total. The lowest BCUT2D eigenvalue weighted by atomic mass is 10.1. The van der Waals surface area contributed by atoms with Gasteiger partial charge in [0.05, 0.1) is 28.6 Å². The van der Waals surface area contributed by atoms with Crippen LogP contribution in [-0.2, 0) is 18.4 Å². The number of hydrogen-bond donors (Lipinski definition) is 1. The highest BCUT2D eigenvalue weighted by Gasteiger charge is 2.10. The van der Waals surface area contributed by atoms with Crippen LogP contribution in [0.3, 0.4) is 0 Å². The Morgan fingerprint density at radius 1 is 1.21 bits per heavy atom. The van der Waals surface area contributed by atoms with Gasteiger partial charge in [0.25, 0.3) is 0 Å². The minimum atomic E-state index is 0.490. The zero-order valence-corrected chi connectivity index (χ0v) is 14.8. The number of carbonyl (C=O) groups excluding carboxylic acids is 1. The van der Waals surface area contributed by atoms with Gasteiger partial charge in [0.2, 0.25) is 6.41 Å². The number of nitrogens with zero attached hydrogens (tertiary/aromatic N) is 3. The van der Waals surface area contributed by atoms with Crippen molar-refractivity contribution in [3.63, 3.8) is 0 Å². The van der Waals surface area contributed by atoms with Crippen LogP contribution in [0.25, 0.3) is 11.3 Å². The summed E-state index contributed by atoms with van der Waals surface area (Å²) in [5.41, 5.74) is 7.03. The largest absolute Gasteiger partial charge is 0.296 e. The van der Waals surface area contributed by atoms with Gasteiger partial charge in [0.15, 0.2) is 0 Å². The van der Waals surface area contributed by atoms with Gasteiger partial charge in [-0.15, -0.1) is 0 Å². The van der Waals surface area contributed by atoms with Crippen LogP contribution in [0, 0.1) is 0 Å². The quantitative estimate of drug-likeness (QED) is 0.518. The molecule has 6 heteroatoms. The van der Waals surface area contributed by atoms with E-state index in [1.165, 1.54) is 5.01 Å². The molecule has 1 heterocycles. The first-order chi connectivity index (χ1) is 11.7. The van der Waals surface area contributed by atoms with Crippen molar-refractivity contribution >= 4 is 28.0 Å². The number of rotatable bonds is 6. The van der Waals surface area contributed by atoms with Gasteiger partial charge >= 0.3 is 0 Å². The molecular weight excluding hydrogens is 368 g/mol. The van der Waals surface area contributed by atoms with Gasteiger partial charge in [-0.05, 0) is 33.6 Å². The number of amides is 1. The molecular formula is C18H17BrN4O. The van der Waals surface area contributed by atoms with Gasteiger partial charge in [-0.2, -0.15) is 5.10 Å². The third-order valence-corrected chi connectivity index (χ3v) is 4.21. The fraction of sp³-hybridized carbons (Fsp3) is 0.111. The molecule has 0 fully saturated rings. The minimum absolute atomic E-state index is 0.490. The van der Waals surface area contributed by atoms with E-state index in [2.05, 4.69) is 26.5 Å². The monoisotopic (exact) mass is 384 g/mol. The number of halogens is 1. The summed E-state index contributed by atoms with van der Waals surface area (Å²) in [7, 11) is 1.90. The number of hydrogen-bond acceptors (Lipinski definition) is 3. The molecule has 0 saturated heterocycles. The van der Waals surface area contributed by atoms with Crippen LogP contribution in [0.5, 0.6) is 0 Å². The molecule has 0 aliphatic heterocycles. The lowest BCUT2D eigenvalue weighted by Gasteiger charge is -2.20. The van der Waals surface area contributed by atoms with E-state index in [1.807, 2.05) is 66.3 Å². The molecule has 0 bridgehead atoms. The fourth-order valence-electron chi connectivity index (χ4n) is 2.52. The Kier molecular flexibility index (Phi) is 4.96. The fourth-order valence-corrected chi connectivity index (χ4v) is 3.10. The maximum Gasteiger partial charge on any atom is 0.228 e. The maximum absolute atomic E-state index is 11.4. The number of anilines is 1. The Morgan fingerprint density at radius 3 is 2.67 bits per heavy atom. The number of aromatic nitrogens is 2. The van der Waals surface area contributed by atoms with E-state index in [4.69, 9.17) is 0 Å². The molecule has 2 aromatic carbocycles. The van der Waals surface area contributed by atoms with E-state index >= 15 is 0 Å². The van der Waals surface area contributed by atoms with Gasteiger partial charge in [0.1, 0.15) is 0 Å². The lowest BCUT2D eigenvalue weighted by molar-refractivity contribution is -0.117. The van der Waals surface area contributed by atoms with Crippen molar-refractivity contribution in [1.29, 1.82) is 0 Å². The molecule has 3 rings (SSSR count). The van der Waals surface area contributed by atoms with Crippen LogP contribution in [0.15, 0.2) is 65.3 Å². The van der Waals surface area contributed by atoms with E-state index < -0.39 is 0 Å². The van der Waals surface area contributed by atoms with Crippen molar-refractivity contribution in [2.24, 2.45) is 7.05 Å². The smallest absolute Gasteiger partial charge is 0.228 e. The SMILES string of the molecule is Cn1ncc(Br)c1-c1cccc(NN(C=O)Cc2ccccc2)c1. The first kappa shape index (κ1) is 16.3. The van der Waals surface area contributed by atoms with Crippen molar-refractivity contribution in [2.75, 3.05) is 5.43 Å². The topological polar surface area (TPSA) is 50.2 Å². The standard InChI is InChI=1S/C18H17BrN4O/c1-22-18(17(19)11-20-22)15-8-5-9-16(10-15)21-23(13-24)12-14-6-3-2-4-7-14/h2-11,13,21H,12H2,1H3. The molecule has 1 aromatic heterocycles. The van der Waals surface area contributed by atoms with Crippen molar-refractivity contribution < 1.29 is 4.79 Å². The Morgan fingerprint density at radius 2 is 2.00 bits per heavy atom. The second kappa shape index (κ2) is 7.31. The van der Waals surface area contributed by atoms with E-state index in [0.29, 0.717) is 6.54 Å². The first-order valence-corrected chi connectivity index (χ1v) is 8.27. The number of hydrazine groups is 1. The van der Waals surface area contributed by atoms with Crippen LogP contribution in [0.4, 0.5) is 5.69 Å². The van der Waals surface area contributed by atoms with Crippen LogP contribution in [0.2, 0.25) is 0 Å². The predicted octanol–water partition coefficient (Wildman–Crippen LogP) is 3.84. The number of nitrogens with one attached hydrogen (secondary N) is 1. The van der Waals surface area contributed by atoms with Crippen molar-refractivity contribution in [2.45, 2.75) is 6.54 Å². The summed E-state index contributed by atoms with van der Waals surface area (Å²) in [6.07, 6.45) is 2.56. The van der Waals surface area contributed by atoms with Crippen molar-refractivity contribution in [3.8, 4) is 11.3 Å². The molecule has 1 amide bonds. The molecule has 0 saturated carbocycles. The van der Waals surface area contributed by atoms with Crippen molar-refractivity contribution in [1.82, 2.24) is 14.8 Å². The van der Waals surface area contributed by atoms with Gasteiger partial charge in [0, 0.05) is 12.6 Å².